The molecule has 1 saturated carbocycles. The molecule has 0 spiro atoms. The number of hydrogen-bond acceptors (Lipinski definition) is 2. The van der Waals surface area contributed by atoms with Gasteiger partial charge in [-0.1, -0.05) is 19.3 Å². The van der Waals surface area contributed by atoms with Gasteiger partial charge in [-0.05, 0) is 53.0 Å². The molecule has 0 unspecified atom stereocenters. The minimum Gasteiger partial charge on any atom is -0.367 e. The smallest absolute Gasteiger partial charge is 0.140 e. The molecule has 1 fully saturated rings. The van der Waals surface area contributed by atoms with E-state index in [2.05, 4.69) is 42.9 Å². The number of rotatable bonds is 3. The van der Waals surface area contributed by atoms with Gasteiger partial charge in [0, 0.05) is 22.9 Å². The fraction of sp³-hybridized carbons (Fsp3) is 0.353. The Hall–Kier alpha value is -1.75. The highest BCUT2D eigenvalue weighted by molar-refractivity contribution is 9.10. The number of nitrogens with one attached hydrogen (secondary N) is 2. The monoisotopic (exact) mass is 358 g/mol. The number of aromatic nitrogens is 3. The largest absolute Gasteiger partial charge is 0.367 e. The molecule has 4 nitrogen and oxygen atoms in total. The highest BCUT2D eigenvalue weighted by atomic mass is 79.9. The molecule has 0 aliphatic heterocycles. The van der Waals surface area contributed by atoms with Gasteiger partial charge in [-0.15, -0.1) is 0 Å². The van der Waals surface area contributed by atoms with Crippen LogP contribution in [0.15, 0.2) is 41.1 Å². The number of fused-ring (bicyclic) bond motifs is 1. The lowest BCUT2D eigenvalue weighted by Gasteiger charge is -2.24. The summed E-state index contributed by atoms with van der Waals surface area (Å²) < 4.78 is 3.21. The van der Waals surface area contributed by atoms with Crippen molar-refractivity contribution in [3.05, 3.63) is 41.1 Å². The third-order valence-corrected chi connectivity index (χ3v) is 4.85. The Morgan fingerprint density at radius 2 is 2.05 bits per heavy atom. The third kappa shape index (κ3) is 2.54. The first-order chi connectivity index (χ1) is 10.8. The van der Waals surface area contributed by atoms with Crippen LogP contribution in [0.3, 0.4) is 0 Å². The van der Waals surface area contributed by atoms with Crippen molar-refractivity contribution in [2.45, 2.75) is 38.1 Å². The Bertz CT molecular complexity index is 769. The van der Waals surface area contributed by atoms with Crippen molar-refractivity contribution in [3.8, 4) is 11.4 Å². The lowest BCUT2D eigenvalue weighted by atomic mass is 9.95. The molecule has 114 valence electrons. The summed E-state index contributed by atoms with van der Waals surface area (Å²) in [5, 5.41) is 3.75. The normalized spacial score (nSPS) is 16.2. The molecule has 5 heteroatoms. The van der Waals surface area contributed by atoms with Crippen molar-refractivity contribution < 1.29 is 0 Å². The molecule has 0 radical (unpaired) electrons. The first-order valence-electron chi connectivity index (χ1n) is 7.89. The van der Waals surface area contributed by atoms with E-state index in [0.29, 0.717) is 6.04 Å². The summed E-state index contributed by atoms with van der Waals surface area (Å²) in [5.41, 5.74) is 3.01. The van der Waals surface area contributed by atoms with E-state index < -0.39 is 0 Å². The molecule has 3 aromatic rings. The van der Waals surface area contributed by atoms with Gasteiger partial charge in [0.25, 0.3) is 0 Å². The van der Waals surface area contributed by atoms with Crippen LogP contribution in [0.4, 0.5) is 5.82 Å². The van der Waals surface area contributed by atoms with Gasteiger partial charge in [0.15, 0.2) is 0 Å². The summed E-state index contributed by atoms with van der Waals surface area (Å²) in [4.78, 5) is 8.09. The molecule has 4 rings (SSSR count). The van der Waals surface area contributed by atoms with E-state index in [1.54, 1.807) is 0 Å². The zero-order valence-electron chi connectivity index (χ0n) is 12.3. The summed E-state index contributed by atoms with van der Waals surface area (Å²) in [6.07, 6.45) is 10.5. The second-order valence-corrected chi connectivity index (χ2v) is 6.86. The van der Waals surface area contributed by atoms with E-state index in [1.807, 2.05) is 24.4 Å². The van der Waals surface area contributed by atoms with Crippen molar-refractivity contribution in [1.82, 2.24) is 14.4 Å². The van der Waals surface area contributed by atoms with Crippen LogP contribution in [0.1, 0.15) is 32.1 Å². The lowest BCUT2D eigenvalue weighted by Crippen LogP contribution is -2.23. The van der Waals surface area contributed by atoms with Crippen molar-refractivity contribution in [1.29, 1.82) is 0 Å². The molecule has 1 aliphatic rings. The first kappa shape index (κ1) is 13.9. The molecule has 3 aromatic heterocycles. The number of aromatic amines is 1. The Morgan fingerprint density at radius 1 is 1.18 bits per heavy atom. The minimum absolute atomic E-state index is 0.543. The number of H-pyrrole nitrogens is 1. The summed E-state index contributed by atoms with van der Waals surface area (Å²) in [6, 6.07) is 8.71. The van der Waals surface area contributed by atoms with Crippen LogP contribution < -0.4 is 5.32 Å². The summed E-state index contributed by atoms with van der Waals surface area (Å²) in [7, 11) is 0. The van der Waals surface area contributed by atoms with Gasteiger partial charge in [0.1, 0.15) is 17.2 Å². The van der Waals surface area contributed by atoms with Crippen LogP contribution in [0.5, 0.6) is 0 Å². The average Bonchev–Trinajstić information content (AvgIpc) is 3.17. The highest BCUT2D eigenvalue weighted by Crippen LogP contribution is 2.31. The maximum atomic E-state index is 4.81. The summed E-state index contributed by atoms with van der Waals surface area (Å²) in [6.45, 7) is 0. The van der Waals surface area contributed by atoms with E-state index >= 15 is 0 Å². The van der Waals surface area contributed by atoms with Crippen LogP contribution in [-0.2, 0) is 0 Å². The molecule has 22 heavy (non-hydrogen) atoms. The predicted octanol–water partition coefficient (Wildman–Crippen LogP) is 4.84. The average molecular weight is 359 g/mol. The number of pyridine rings is 1. The molecule has 0 bridgehead atoms. The minimum atomic E-state index is 0.543. The molecular formula is C17H19BrN4. The third-order valence-electron chi connectivity index (χ3n) is 4.38. The second-order valence-electron chi connectivity index (χ2n) is 5.95. The van der Waals surface area contributed by atoms with Gasteiger partial charge >= 0.3 is 0 Å². The molecule has 2 N–H and O–H groups in total. The van der Waals surface area contributed by atoms with Crippen LogP contribution >= 0.6 is 15.9 Å². The number of halogens is 1. The molecule has 0 aromatic carbocycles. The SMILES string of the molecule is Brc1ccc2nc(-c3ccc[nH]3)c(NC3CCCCC3)n2c1. The zero-order chi connectivity index (χ0) is 14.9. The number of anilines is 1. The zero-order valence-corrected chi connectivity index (χ0v) is 13.9. The van der Waals surface area contributed by atoms with Gasteiger partial charge in [-0.3, -0.25) is 4.40 Å². The van der Waals surface area contributed by atoms with Crippen LogP contribution in [0, 0.1) is 0 Å². The van der Waals surface area contributed by atoms with Crippen LogP contribution in [-0.4, -0.2) is 20.4 Å². The second kappa shape index (κ2) is 5.80. The van der Waals surface area contributed by atoms with Gasteiger partial charge in [-0.2, -0.15) is 0 Å². The number of imidazole rings is 1. The van der Waals surface area contributed by atoms with Gasteiger partial charge in [0.2, 0.25) is 0 Å². The molecule has 1 aliphatic carbocycles. The fourth-order valence-corrected chi connectivity index (χ4v) is 3.60. The standard InChI is InChI=1S/C17H19BrN4/c18-12-8-9-15-21-16(14-7-4-10-19-14)17(22(15)11-12)20-13-5-2-1-3-6-13/h4,7-11,13,19-20H,1-3,5-6H2. The van der Waals surface area contributed by atoms with E-state index in [9.17, 15) is 0 Å². The maximum Gasteiger partial charge on any atom is 0.140 e. The number of hydrogen-bond donors (Lipinski definition) is 2. The van der Waals surface area contributed by atoms with Gasteiger partial charge in [0.05, 0.1) is 5.69 Å². The first-order valence-corrected chi connectivity index (χ1v) is 8.68. The van der Waals surface area contributed by atoms with E-state index in [0.717, 1.165) is 27.3 Å². The molecule has 3 heterocycles. The van der Waals surface area contributed by atoms with Crippen LogP contribution in [0.2, 0.25) is 0 Å². The molecular weight excluding hydrogens is 340 g/mol. The molecule has 0 saturated heterocycles. The Balaban J connectivity index is 1.81. The predicted molar refractivity (Wildman–Crippen MR) is 93.2 cm³/mol. The van der Waals surface area contributed by atoms with Crippen molar-refractivity contribution in [2.24, 2.45) is 0 Å². The Morgan fingerprint density at radius 3 is 2.82 bits per heavy atom. The molecule has 0 atom stereocenters. The quantitative estimate of drug-likeness (QED) is 0.703. The Kier molecular flexibility index (Phi) is 3.66. The molecule has 0 amide bonds. The van der Waals surface area contributed by atoms with Crippen molar-refractivity contribution in [2.75, 3.05) is 5.32 Å². The van der Waals surface area contributed by atoms with Gasteiger partial charge in [-0.25, -0.2) is 4.98 Å². The van der Waals surface area contributed by atoms with Crippen LogP contribution in [0.25, 0.3) is 17.0 Å². The van der Waals surface area contributed by atoms with E-state index in [-0.39, 0.29) is 0 Å². The number of nitrogens with zero attached hydrogens (tertiary/aromatic N) is 2. The highest BCUT2D eigenvalue weighted by Gasteiger charge is 2.20. The topological polar surface area (TPSA) is 45.1 Å². The summed E-state index contributed by atoms with van der Waals surface area (Å²) >= 11 is 3.57. The van der Waals surface area contributed by atoms with E-state index in [4.69, 9.17) is 4.98 Å². The fourth-order valence-electron chi connectivity index (χ4n) is 3.26. The Labute approximate surface area is 138 Å². The maximum absolute atomic E-state index is 4.81. The van der Waals surface area contributed by atoms with Gasteiger partial charge < -0.3 is 10.3 Å². The van der Waals surface area contributed by atoms with E-state index in [1.165, 1.54) is 32.1 Å². The lowest BCUT2D eigenvalue weighted by molar-refractivity contribution is 0.461. The van der Waals surface area contributed by atoms with Crippen molar-refractivity contribution in [3.63, 3.8) is 0 Å². The van der Waals surface area contributed by atoms with Crippen molar-refractivity contribution >= 4 is 27.4 Å². The summed E-state index contributed by atoms with van der Waals surface area (Å²) in [5.74, 6) is 1.09.